The van der Waals surface area contributed by atoms with Crippen molar-refractivity contribution in [3.63, 3.8) is 0 Å². The van der Waals surface area contributed by atoms with E-state index < -0.39 is 0 Å². The Bertz CT molecular complexity index is 516. The number of halogens is 2. The summed E-state index contributed by atoms with van der Waals surface area (Å²) in [6.45, 7) is 2.03. The average molecular weight is 306 g/mol. The lowest BCUT2D eigenvalue weighted by Gasteiger charge is -2.01. The Morgan fingerprint density at radius 3 is 2.82 bits per heavy atom. The molecule has 3 nitrogen and oxygen atoms in total. The van der Waals surface area contributed by atoms with Crippen LogP contribution in [0.3, 0.4) is 0 Å². The molecular formula is C10H9Cl2N3S2. The lowest BCUT2D eigenvalue weighted by atomic mass is 10.4. The zero-order valence-corrected chi connectivity index (χ0v) is 12.1. The molecule has 2 heterocycles. The molecule has 7 heteroatoms. The zero-order valence-electron chi connectivity index (χ0n) is 8.98. The fraction of sp³-hybridized carbons (Fsp3) is 0.300. The van der Waals surface area contributed by atoms with E-state index in [1.165, 1.54) is 11.5 Å². The maximum Gasteiger partial charge on any atom is 0.170 e. The molecule has 0 bridgehead atoms. The molecule has 90 valence electrons. The van der Waals surface area contributed by atoms with Gasteiger partial charge in [-0.3, -0.25) is 0 Å². The highest BCUT2D eigenvalue weighted by Gasteiger charge is 2.07. The van der Waals surface area contributed by atoms with Crippen LogP contribution in [0.5, 0.6) is 0 Å². The van der Waals surface area contributed by atoms with Gasteiger partial charge in [0.15, 0.2) is 4.34 Å². The van der Waals surface area contributed by atoms with Crippen molar-refractivity contribution in [1.29, 1.82) is 0 Å². The van der Waals surface area contributed by atoms with E-state index in [1.807, 2.05) is 6.92 Å². The average Bonchev–Trinajstić information content (AvgIpc) is 2.78. The summed E-state index contributed by atoms with van der Waals surface area (Å²) in [4.78, 5) is 8.55. The summed E-state index contributed by atoms with van der Waals surface area (Å²) < 4.78 is 5.15. The predicted octanol–water partition coefficient (Wildman–Crippen LogP) is 4.09. The Kier molecular flexibility index (Phi) is 4.62. The molecule has 0 fully saturated rings. The van der Waals surface area contributed by atoms with Gasteiger partial charge in [0.05, 0.1) is 10.7 Å². The van der Waals surface area contributed by atoms with Crippen molar-refractivity contribution in [2.24, 2.45) is 0 Å². The molecule has 0 aliphatic heterocycles. The van der Waals surface area contributed by atoms with E-state index in [0.717, 1.165) is 22.3 Å². The predicted molar refractivity (Wildman–Crippen MR) is 73.1 cm³/mol. The molecule has 0 atom stereocenters. The molecule has 2 rings (SSSR count). The van der Waals surface area contributed by atoms with E-state index in [-0.39, 0.29) is 0 Å². The summed E-state index contributed by atoms with van der Waals surface area (Å²) in [6.07, 6.45) is 0.854. The highest BCUT2D eigenvalue weighted by Crippen LogP contribution is 2.27. The van der Waals surface area contributed by atoms with Crippen LogP contribution in [-0.2, 0) is 12.2 Å². The van der Waals surface area contributed by atoms with Gasteiger partial charge in [0.25, 0.3) is 0 Å². The number of aromatic nitrogens is 3. The zero-order chi connectivity index (χ0) is 12.3. The maximum atomic E-state index is 6.03. The first-order valence-electron chi connectivity index (χ1n) is 4.95. The second-order valence-electron chi connectivity index (χ2n) is 3.18. The molecule has 0 amide bonds. The second kappa shape index (κ2) is 6.00. The van der Waals surface area contributed by atoms with Crippen LogP contribution in [0.1, 0.15) is 18.4 Å². The van der Waals surface area contributed by atoms with E-state index in [1.54, 1.807) is 23.9 Å². The third-order valence-corrected chi connectivity index (χ3v) is 4.42. The molecule has 0 N–H and O–H groups in total. The number of rotatable bonds is 4. The molecular weight excluding hydrogens is 297 g/mol. The number of hydrogen-bond acceptors (Lipinski definition) is 5. The fourth-order valence-electron chi connectivity index (χ4n) is 1.13. The van der Waals surface area contributed by atoms with Gasteiger partial charge in [0.2, 0.25) is 0 Å². The quantitative estimate of drug-likeness (QED) is 0.630. The Morgan fingerprint density at radius 2 is 2.12 bits per heavy atom. The van der Waals surface area contributed by atoms with Crippen LogP contribution in [0.25, 0.3) is 0 Å². The van der Waals surface area contributed by atoms with Gasteiger partial charge < -0.3 is 0 Å². The van der Waals surface area contributed by atoms with Crippen LogP contribution < -0.4 is 0 Å². The Labute approximate surface area is 118 Å². The topological polar surface area (TPSA) is 38.7 Å². The van der Waals surface area contributed by atoms with Crippen LogP contribution in [0.2, 0.25) is 10.2 Å². The summed E-state index contributed by atoms with van der Waals surface area (Å²) in [6, 6.07) is 3.43. The normalized spacial score (nSPS) is 10.8. The minimum absolute atomic E-state index is 0.455. The molecule has 2 aromatic rings. The van der Waals surface area contributed by atoms with Crippen LogP contribution in [0, 0.1) is 0 Å². The van der Waals surface area contributed by atoms with Crippen LogP contribution >= 0.6 is 46.5 Å². The van der Waals surface area contributed by atoms with Gasteiger partial charge in [-0.2, -0.15) is 4.37 Å². The van der Waals surface area contributed by atoms with Crippen LogP contribution in [0.15, 0.2) is 16.5 Å². The molecule has 17 heavy (non-hydrogen) atoms. The summed E-state index contributed by atoms with van der Waals surface area (Å²) in [5.74, 6) is 1.53. The molecule has 0 aliphatic carbocycles. The molecule has 0 radical (unpaired) electrons. The Morgan fingerprint density at radius 1 is 1.29 bits per heavy atom. The molecule has 0 spiro atoms. The van der Waals surface area contributed by atoms with Crippen molar-refractivity contribution in [1.82, 2.24) is 14.3 Å². The Hall–Kier alpha value is -0.360. The standard InChI is InChI=1S/C10H9Cl2N3S2/c1-2-9-14-10(17-15-9)16-5-7-6(11)3-4-8(12)13-7/h3-4H,2,5H2,1H3. The summed E-state index contributed by atoms with van der Waals surface area (Å²) in [7, 11) is 0. The van der Waals surface area contributed by atoms with E-state index in [0.29, 0.717) is 15.9 Å². The molecule has 0 aliphatic rings. The molecule has 0 unspecified atom stereocenters. The van der Waals surface area contributed by atoms with Crippen molar-refractivity contribution in [3.8, 4) is 0 Å². The van der Waals surface area contributed by atoms with Gasteiger partial charge in [-0.05, 0) is 23.7 Å². The SMILES string of the molecule is CCc1nsc(SCc2nc(Cl)ccc2Cl)n1. The van der Waals surface area contributed by atoms with Gasteiger partial charge in [0.1, 0.15) is 11.0 Å². The first-order chi connectivity index (χ1) is 8.19. The first-order valence-corrected chi connectivity index (χ1v) is 7.47. The summed E-state index contributed by atoms with van der Waals surface area (Å²) in [5, 5.41) is 1.08. The molecule has 0 saturated heterocycles. The number of pyridine rings is 1. The van der Waals surface area contributed by atoms with Crippen LogP contribution in [0.4, 0.5) is 0 Å². The van der Waals surface area contributed by atoms with Gasteiger partial charge >= 0.3 is 0 Å². The van der Waals surface area contributed by atoms with Gasteiger partial charge in [-0.15, -0.1) is 0 Å². The van der Waals surface area contributed by atoms with Gasteiger partial charge in [-0.1, -0.05) is 41.9 Å². The number of aryl methyl sites for hydroxylation is 1. The molecule has 0 saturated carbocycles. The smallest absolute Gasteiger partial charge is 0.170 e. The van der Waals surface area contributed by atoms with E-state index in [4.69, 9.17) is 23.2 Å². The summed E-state index contributed by atoms with van der Waals surface area (Å²) >= 11 is 14.8. The van der Waals surface area contributed by atoms with E-state index in [9.17, 15) is 0 Å². The van der Waals surface area contributed by atoms with Gasteiger partial charge in [0, 0.05) is 12.2 Å². The first kappa shape index (κ1) is 13.1. The van der Waals surface area contributed by atoms with Gasteiger partial charge in [-0.25, -0.2) is 9.97 Å². The monoisotopic (exact) mass is 305 g/mol. The van der Waals surface area contributed by atoms with Crippen molar-refractivity contribution < 1.29 is 0 Å². The third kappa shape index (κ3) is 3.55. The fourth-order valence-corrected chi connectivity index (χ4v) is 3.19. The lowest BCUT2D eigenvalue weighted by Crippen LogP contribution is -1.89. The minimum atomic E-state index is 0.455. The van der Waals surface area contributed by atoms with Crippen molar-refractivity contribution in [2.45, 2.75) is 23.4 Å². The molecule has 2 aromatic heterocycles. The van der Waals surface area contributed by atoms with E-state index in [2.05, 4.69) is 14.3 Å². The van der Waals surface area contributed by atoms with Crippen LogP contribution in [-0.4, -0.2) is 14.3 Å². The van der Waals surface area contributed by atoms with Crippen molar-refractivity contribution in [2.75, 3.05) is 0 Å². The minimum Gasteiger partial charge on any atom is -0.239 e. The van der Waals surface area contributed by atoms with Crippen molar-refractivity contribution in [3.05, 3.63) is 33.8 Å². The maximum absolute atomic E-state index is 6.03. The number of nitrogens with zero attached hydrogens (tertiary/aromatic N) is 3. The highest BCUT2D eigenvalue weighted by atomic mass is 35.5. The summed E-state index contributed by atoms with van der Waals surface area (Å²) in [5.41, 5.74) is 0.775. The van der Waals surface area contributed by atoms with Crippen molar-refractivity contribution >= 4 is 46.5 Å². The molecule has 0 aromatic carbocycles. The number of hydrogen-bond donors (Lipinski definition) is 0. The lowest BCUT2D eigenvalue weighted by molar-refractivity contribution is 0.971. The largest absolute Gasteiger partial charge is 0.239 e. The highest BCUT2D eigenvalue weighted by molar-refractivity contribution is 8.00. The Balaban J connectivity index is 2.04. The van der Waals surface area contributed by atoms with E-state index >= 15 is 0 Å². The number of thioether (sulfide) groups is 1. The second-order valence-corrected chi connectivity index (χ2v) is 5.95. The third-order valence-electron chi connectivity index (χ3n) is 1.98.